The third-order valence-corrected chi connectivity index (χ3v) is 7.62. The largest absolute Gasteiger partial charge is 0.313 e. The zero-order valence-corrected chi connectivity index (χ0v) is 14.5. The maximum Gasteiger partial charge on any atom is 0.0152 e. The maximum atomic E-state index is 4.02. The fourth-order valence-electron chi connectivity index (χ4n) is 8.28. The van der Waals surface area contributed by atoms with Gasteiger partial charge in [0.25, 0.3) is 0 Å². The lowest BCUT2D eigenvalue weighted by Crippen LogP contribution is -2.62. The average Bonchev–Trinajstić information content (AvgIpc) is 2.84. The molecule has 1 N–H and O–H groups in total. The Balaban J connectivity index is 1.67. The maximum absolute atomic E-state index is 4.02. The van der Waals surface area contributed by atoms with E-state index in [4.69, 9.17) is 0 Å². The van der Waals surface area contributed by atoms with Gasteiger partial charge in [-0.2, -0.15) is 0 Å². The number of hydrogen-bond acceptors (Lipinski definition) is 1. The highest BCUT2D eigenvalue weighted by atomic mass is 15.0. The van der Waals surface area contributed by atoms with Crippen LogP contribution in [0.2, 0.25) is 0 Å². The molecule has 120 valence electrons. The van der Waals surface area contributed by atoms with E-state index >= 15 is 0 Å². The second-order valence-corrected chi connectivity index (χ2v) is 10.1. The van der Waals surface area contributed by atoms with Gasteiger partial charge < -0.3 is 5.32 Å². The van der Waals surface area contributed by atoms with Crippen molar-refractivity contribution in [3.63, 3.8) is 0 Å². The monoisotopic (exact) mass is 289 g/mol. The molecule has 3 unspecified atom stereocenters. The molecule has 0 amide bonds. The van der Waals surface area contributed by atoms with Gasteiger partial charge in [0.05, 0.1) is 0 Å². The summed E-state index contributed by atoms with van der Waals surface area (Å²) in [5.41, 5.74) is 1.98. The van der Waals surface area contributed by atoms with Crippen LogP contribution in [-0.4, -0.2) is 12.6 Å². The van der Waals surface area contributed by atoms with Gasteiger partial charge in [-0.05, 0) is 86.0 Å². The van der Waals surface area contributed by atoms with Gasteiger partial charge in [0.15, 0.2) is 0 Å². The van der Waals surface area contributed by atoms with E-state index < -0.39 is 0 Å². The Kier molecular flexibility index (Phi) is 3.27. The van der Waals surface area contributed by atoms with Gasteiger partial charge in [0.2, 0.25) is 0 Å². The minimum Gasteiger partial charge on any atom is -0.313 e. The van der Waals surface area contributed by atoms with Crippen molar-refractivity contribution in [3.8, 4) is 0 Å². The Morgan fingerprint density at radius 2 is 1.57 bits per heavy atom. The summed E-state index contributed by atoms with van der Waals surface area (Å²) in [6.07, 6.45) is 15.2. The first-order valence-corrected chi connectivity index (χ1v) is 9.69. The Morgan fingerprint density at radius 3 is 2.10 bits per heavy atom. The summed E-state index contributed by atoms with van der Waals surface area (Å²) in [5.74, 6) is 2.02. The van der Waals surface area contributed by atoms with E-state index in [0.29, 0.717) is 16.2 Å². The molecule has 1 heteroatoms. The van der Waals surface area contributed by atoms with Crippen LogP contribution < -0.4 is 5.32 Å². The zero-order valence-electron chi connectivity index (χ0n) is 14.5. The minimum absolute atomic E-state index is 0.647. The smallest absolute Gasteiger partial charge is 0.0152 e. The van der Waals surface area contributed by atoms with Crippen molar-refractivity contribution in [2.75, 3.05) is 6.54 Å². The number of rotatable bonds is 4. The van der Waals surface area contributed by atoms with Gasteiger partial charge in [0.1, 0.15) is 0 Å². The second-order valence-electron chi connectivity index (χ2n) is 10.1. The molecular formula is C20H35N. The van der Waals surface area contributed by atoms with E-state index in [2.05, 4.69) is 26.1 Å². The Hall–Kier alpha value is -0.0400. The van der Waals surface area contributed by atoms with Crippen molar-refractivity contribution in [3.05, 3.63) is 0 Å². The van der Waals surface area contributed by atoms with Crippen LogP contribution in [0.5, 0.6) is 0 Å². The van der Waals surface area contributed by atoms with Crippen LogP contribution in [0.3, 0.4) is 0 Å². The SMILES string of the molecule is CCNC(C1CCCC1)C12CC3CC(C)(CC(C)(C3)C1)C2. The fourth-order valence-corrected chi connectivity index (χ4v) is 8.28. The third-order valence-electron chi connectivity index (χ3n) is 7.62. The van der Waals surface area contributed by atoms with Gasteiger partial charge >= 0.3 is 0 Å². The minimum atomic E-state index is 0.647. The summed E-state index contributed by atoms with van der Waals surface area (Å²) < 4.78 is 0. The molecule has 0 spiro atoms. The summed E-state index contributed by atoms with van der Waals surface area (Å²) in [7, 11) is 0. The average molecular weight is 290 g/mol. The van der Waals surface area contributed by atoms with Gasteiger partial charge in [0, 0.05) is 6.04 Å². The van der Waals surface area contributed by atoms with Gasteiger partial charge in [-0.15, -0.1) is 0 Å². The first-order valence-electron chi connectivity index (χ1n) is 9.69. The van der Waals surface area contributed by atoms with Crippen molar-refractivity contribution >= 4 is 0 Å². The highest BCUT2D eigenvalue weighted by Gasteiger charge is 2.62. The summed E-state index contributed by atoms with van der Waals surface area (Å²) >= 11 is 0. The molecule has 5 aliphatic carbocycles. The standard InChI is InChI=1S/C20H35N/c1-4-21-17(16-7-5-6-8-16)20-11-15-9-18(2,13-20)12-19(3,10-15)14-20/h15-17,21H,4-14H2,1-3H3. The summed E-state index contributed by atoms with van der Waals surface area (Å²) in [6, 6.07) is 0.826. The van der Waals surface area contributed by atoms with Crippen molar-refractivity contribution in [1.82, 2.24) is 5.32 Å². The molecule has 5 fully saturated rings. The highest BCUT2D eigenvalue weighted by molar-refractivity contribution is 5.14. The van der Waals surface area contributed by atoms with Crippen LogP contribution in [-0.2, 0) is 0 Å². The lowest BCUT2D eigenvalue weighted by atomic mass is 9.38. The first kappa shape index (κ1) is 14.5. The van der Waals surface area contributed by atoms with E-state index in [0.717, 1.165) is 17.9 Å². The predicted molar refractivity (Wildman–Crippen MR) is 89.3 cm³/mol. The molecule has 0 saturated heterocycles. The normalized spacial score (nSPS) is 50.7. The van der Waals surface area contributed by atoms with Crippen molar-refractivity contribution in [1.29, 1.82) is 0 Å². The van der Waals surface area contributed by atoms with Crippen LogP contribution >= 0.6 is 0 Å². The van der Waals surface area contributed by atoms with E-state index in [1.54, 1.807) is 6.42 Å². The predicted octanol–water partition coefficient (Wildman–Crippen LogP) is 5.15. The number of hydrogen-bond donors (Lipinski definition) is 1. The Bertz CT molecular complexity index is 390. The van der Waals surface area contributed by atoms with Crippen LogP contribution in [0.25, 0.3) is 0 Å². The molecule has 21 heavy (non-hydrogen) atoms. The zero-order chi connectivity index (χ0) is 14.7. The number of nitrogens with one attached hydrogen (secondary N) is 1. The van der Waals surface area contributed by atoms with Gasteiger partial charge in [-0.1, -0.05) is 33.6 Å². The molecule has 0 aromatic heterocycles. The lowest BCUT2D eigenvalue weighted by molar-refractivity contribution is -0.163. The highest BCUT2D eigenvalue weighted by Crippen LogP contribution is 2.71. The molecule has 1 nitrogen and oxygen atoms in total. The van der Waals surface area contributed by atoms with Gasteiger partial charge in [-0.25, -0.2) is 0 Å². The summed E-state index contributed by atoms with van der Waals surface area (Å²) in [6.45, 7) is 8.75. The molecule has 0 heterocycles. The van der Waals surface area contributed by atoms with Crippen molar-refractivity contribution in [2.24, 2.45) is 28.1 Å². The molecule has 0 radical (unpaired) electrons. The van der Waals surface area contributed by atoms with Crippen molar-refractivity contribution < 1.29 is 0 Å². The first-order chi connectivity index (χ1) is 9.96. The molecular weight excluding hydrogens is 254 g/mol. The third kappa shape index (κ3) is 2.30. The van der Waals surface area contributed by atoms with Crippen LogP contribution in [0, 0.1) is 28.1 Å². The summed E-state index contributed by atoms with van der Waals surface area (Å²) in [4.78, 5) is 0. The van der Waals surface area contributed by atoms with Crippen LogP contribution in [0.4, 0.5) is 0 Å². The van der Waals surface area contributed by atoms with Crippen LogP contribution in [0.1, 0.15) is 85.0 Å². The quantitative estimate of drug-likeness (QED) is 0.754. The molecule has 5 rings (SSSR count). The lowest BCUT2D eigenvalue weighted by Gasteiger charge is -2.68. The van der Waals surface area contributed by atoms with Crippen LogP contribution in [0.15, 0.2) is 0 Å². The Labute approximate surface area is 131 Å². The molecule has 5 aliphatic rings. The van der Waals surface area contributed by atoms with E-state index in [-0.39, 0.29) is 0 Å². The summed E-state index contributed by atoms with van der Waals surface area (Å²) in [5, 5.41) is 4.02. The van der Waals surface area contributed by atoms with E-state index in [9.17, 15) is 0 Å². The van der Waals surface area contributed by atoms with E-state index in [1.165, 1.54) is 64.3 Å². The molecule has 0 aromatic carbocycles. The van der Waals surface area contributed by atoms with E-state index in [1.807, 2.05) is 0 Å². The Morgan fingerprint density at radius 1 is 0.952 bits per heavy atom. The fraction of sp³-hybridized carbons (Fsp3) is 1.00. The molecule has 5 saturated carbocycles. The van der Waals surface area contributed by atoms with Crippen molar-refractivity contribution in [2.45, 2.75) is 91.0 Å². The second kappa shape index (κ2) is 4.73. The van der Waals surface area contributed by atoms with Gasteiger partial charge in [-0.3, -0.25) is 0 Å². The molecule has 4 bridgehead atoms. The topological polar surface area (TPSA) is 12.0 Å². The molecule has 0 aromatic rings. The molecule has 0 aliphatic heterocycles. The molecule has 3 atom stereocenters.